The highest BCUT2D eigenvalue weighted by Gasteiger charge is 2.48. The van der Waals surface area contributed by atoms with E-state index >= 15 is 0 Å². The molecular formula is C23H19NO5. The number of para-hydroxylation sites is 1. The minimum atomic E-state index is -0.751. The lowest BCUT2D eigenvalue weighted by atomic mass is 9.85. The summed E-state index contributed by atoms with van der Waals surface area (Å²) in [5.74, 6) is -2.47. The van der Waals surface area contributed by atoms with Crippen molar-refractivity contribution >= 4 is 29.3 Å². The topological polar surface area (TPSA) is 80.8 Å². The summed E-state index contributed by atoms with van der Waals surface area (Å²) in [6.07, 6.45) is 4.85. The van der Waals surface area contributed by atoms with Crippen molar-refractivity contribution in [2.75, 3.05) is 11.5 Å². The molecule has 2 atom stereocenters. The van der Waals surface area contributed by atoms with E-state index in [2.05, 4.69) is 0 Å². The Morgan fingerprint density at radius 2 is 1.45 bits per heavy atom. The number of ketones is 1. The van der Waals surface area contributed by atoms with Gasteiger partial charge in [-0.2, -0.15) is 0 Å². The molecule has 1 saturated heterocycles. The first-order valence-corrected chi connectivity index (χ1v) is 9.45. The maximum absolute atomic E-state index is 12.8. The number of carbonyl (C=O) groups is 4. The van der Waals surface area contributed by atoms with Crippen LogP contribution < -0.4 is 4.90 Å². The lowest BCUT2D eigenvalue weighted by Gasteiger charge is -2.18. The molecule has 2 aliphatic rings. The number of carbonyl (C=O) groups excluding carboxylic acids is 4. The van der Waals surface area contributed by atoms with Crippen LogP contribution in [-0.2, 0) is 14.3 Å². The van der Waals surface area contributed by atoms with Gasteiger partial charge in [0.15, 0.2) is 12.4 Å². The average Bonchev–Trinajstić information content (AvgIpc) is 3.02. The molecule has 2 amide bonds. The summed E-state index contributed by atoms with van der Waals surface area (Å²) in [7, 11) is 0. The first kappa shape index (κ1) is 18.8. The number of Topliss-reactive ketones (excluding diaryl/α,β-unsaturated/α-hetero) is 1. The van der Waals surface area contributed by atoms with Crippen LogP contribution in [0.2, 0.25) is 0 Å². The third-order valence-electron chi connectivity index (χ3n) is 5.30. The quantitative estimate of drug-likeness (QED) is 0.340. The molecule has 1 fully saturated rings. The molecule has 6 heteroatoms. The van der Waals surface area contributed by atoms with Gasteiger partial charge in [-0.3, -0.25) is 14.4 Å². The number of anilines is 1. The third-order valence-corrected chi connectivity index (χ3v) is 5.30. The maximum atomic E-state index is 12.8. The monoisotopic (exact) mass is 389 g/mol. The predicted molar refractivity (Wildman–Crippen MR) is 105 cm³/mol. The van der Waals surface area contributed by atoms with Gasteiger partial charge < -0.3 is 4.74 Å². The van der Waals surface area contributed by atoms with Gasteiger partial charge in [0.25, 0.3) is 0 Å². The van der Waals surface area contributed by atoms with Crippen LogP contribution in [0.5, 0.6) is 0 Å². The first-order valence-electron chi connectivity index (χ1n) is 9.45. The summed E-state index contributed by atoms with van der Waals surface area (Å²) in [5, 5.41) is 0. The van der Waals surface area contributed by atoms with Crippen LogP contribution in [-0.4, -0.2) is 30.2 Å². The summed E-state index contributed by atoms with van der Waals surface area (Å²) < 4.78 is 5.18. The first-order chi connectivity index (χ1) is 14.1. The van der Waals surface area contributed by atoms with Crippen molar-refractivity contribution in [3.63, 3.8) is 0 Å². The molecule has 4 rings (SSSR count). The van der Waals surface area contributed by atoms with Crippen LogP contribution in [0.25, 0.3) is 0 Å². The smallest absolute Gasteiger partial charge is 0.340 e. The van der Waals surface area contributed by atoms with Crippen LogP contribution in [0.3, 0.4) is 0 Å². The van der Waals surface area contributed by atoms with E-state index in [-0.39, 0.29) is 28.8 Å². The second kappa shape index (κ2) is 7.83. The van der Waals surface area contributed by atoms with E-state index in [0.717, 1.165) is 4.90 Å². The largest absolute Gasteiger partial charge is 0.454 e. The number of fused-ring (bicyclic) bond motifs is 1. The molecule has 6 nitrogen and oxygen atoms in total. The zero-order chi connectivity index (χ0) is 20.4. The van der Waals surface area contributed by atoms with Crippen molar-refractivity contribution in [1.29, 1.82) is 0 Å². The van der Waals surface area contributed by atoms with Gasteiger partial charge in [-0.1, -0.05) is 54.6 Å². The average molecular weight is 389 g/mol. The highest BCUT2D eigenvalue weighted by Crippen LogP contribution is 2.38. The van der Waals surface area contributed by atoms with Crippen LogP contribution in [0.1, 0.15) is 33.6 Å². The molecule has 0 N–H and O–H groups in total. The SMILES string of the molecule is O=C(COC(=O)c1ccccc1N1C(=O)[C@@H]2CC=CC[C@H]2C1=O)c1ccccc1. The number of amides is 2. The molecule has 2 aromatic rings. The minimum absolute atomic E-state index is 0.0849. The van der Waals surface area contributed by atoms with E-state index in [4.69, 9.17) is 4.74 Å². The van der Waals surface area contributed by atoms with Crippen molar-refractivity contribution in [3.8, 4) is 0 Å². The van der Waals surface area contributed by atoms with E-state index in [9.17, 15) is 19.2 Å². The fourth-order valence-electron chi connectivity index (χ4n) is 3.80. The summed E-state index contributed by atoms with van der Waals surface area (Å²) in [6, 6.07) is 14.8. The van der Waals surface area contributed by atoms with Crippen molar-refractivity contribution < 1.29 is 23.9 Å². The standard InChI is InChI=1S/C23H19NO5/c25-20(15-8-2-1-3-9-15)14-29-23(28)18-12-6-7-13-19(18)24-21(26)16-10-4-5-11-17(16)22(24)27/h1-9,12-13,16-17H,10-11,14H2/t16-,17-/m1/s1. The molecule has 0 spiro atoms. The number of imide groups is 1. The summed E-state index contributed by atoms with van der Waals surface area (Å²) in [6.45, 7) is -0.422. The maximum Gasteiger partial charge on any atom is 0.340 e. The number of nitrogens with zero attached hydrogens (tertiary/aromatic N) is 1. The van der Waals surface area contributed by atoms with E-state index in [1.807, 2.05) is 12.2 Å². The minimum Gasteiger partial charge on any atom is -0.454 e. The summed E-state index contributed by atoms with van der Waals surface area (Å²) >= 11 is 0. The van der Waals surface area contributed by atoms with Gasteiger partial charge >= 0.3 is 5.97 Å². The number of ether oxygens (including phenoxy) is 1. The molecule has 1 aliphatic heterocycles. The Bertz CT molecular complexity index is 985. The van der Waals surface area contributed by atoms with Crippen molar-refractivity contribution in [2.24, 2.45) is 11.8 Å². The van der Waals surface area contributed by atoms with E-state index < -0.39 is 24.4 Å². The van der Waals surface area contributed by atoms with E-state index in [1.54, 1.807) is 48.5 Å². The zero-order valence-electron chi connectivity index (χ0n) is 15.6. The third kappa shape index (κ3) is 3.49. The molecule has 1 heterocycles. The van der Waals surface area contributed by atoms with Gasteiger partial charge in [0.1, 0.15) is 0 Å². The number of allylic oxidation sites excluding steroid dienone is 2. The Morgan fingerprint density at radius 3 is 2.10 bits per heavy atom. The zero-order valence-corrected chi connectivity index (χ0v) is 15.6. The predicted octanol–water partition coefficient (Wildman–Crippen LogP) is 3.18. The van der Waals surface area contributed by atoms with E-state index in [0.29, 0.717) is 18.4 Å². The number of hydrogen-bond acceptors (Lipinski definition) is 5. The molecule has 146 valence electrons. The van der Waals surface area contributed by atoms with Gasteiger partial charge in [0, 0.05) is 5.56 Å². The Kier molecular flexibility index (Phi) is 5.08. The summed E-state index contributed by atoms with van der Waals surface area (Å²) in [4.78, 5) is 51.6. The fraction of sp³-hybridized carbons (Fsp3) is 0.217. The fourth-order valence-corrected chi connectivity index (χ4v) is 3.80. The molecule has 0 bridgehead atoms. The lowest BCUT2D eigenvalue weighted by molar-refractivity contribution is -0.122. The Balaban J connectivity index is 1.54. The molecule has 29 heavy (non-hydrogen) atoms. The van der Waals surface area contributed by atoms with Crippen molar-refractivity contribution in [2.45, 2.75) is 12.8 Å². The Morgan fingerprint density at radius 1 is 0.862 bits per heavy atom. The number of rotatable bonds is 5. The number of benzene rings is 2. The van der Waals surface area contributed by atoms with Crippen LogP contribution >= 0.6 is 0 Å². The van der Waals surface area contributed by atoms with Gasteiger partial charge in [-0.05, 0) is 25.0 Å². The van der Waals surface area contributed by atoms with Crippen molar-refractivity contribution in [1.82, 2.24) is 0 Å². The lowest BCUT2D eigenvalue weighted by Crippen LogP contribution is -2.32. The second-order valence-electron chi connectivity index (χ2n) is 7.05. The van der Waals surface area contributed by atoms with Crippen LogP contribution in [0, 0.1) is 11.8 Å². The molecule has 2 aromatic carbocycles. The van der Waals surface area contributed by atoms with Crippen molar-refractivity contribution in [3.05, 3.63) is 77.9 Å². The Labute approximate surface area is 167 Å². The summed E-state index contributed by atoms with van der Waals surface area (Å²) in [5.41, 5.74) is 0.728. The molecule has 0 unspecified atom stereocenters. The normalized spacial score (nSPS) is 20.5. The van der Waals surface area contributed by atoms with Gasteiger partial charge in [0.2, 0.25) is 11.8 Å². The molecule has 0 aromatic heterocycles. The van der Waals surface area contributed by atoms with E-state index in [1.165, 1.54) is 6.07 Å². The Hall–Kier alpha value is -3.54. The number of esters is 1. The highest BCUT2D eigenvalue weighted by atomic mass is 16.5. The number of hydrogen-bond donors (Lipinski definition) is 0. The second-order valence-corrected chi connectivity index (χ2v) is 7.05. The van der Waals surface area contributed by atoms with Gasteiger partial charge in [-0.25, -0.2) is 9.69 Å². The molecular weight excluding hydrogens is 370 g/mol. The molecule has 0 radical (unpaired) electrons. The van der Waals surface area contributed by atoms with Gasteiger partial charge in [0.05, 0.1) is 23.1 Å². The molecule has 0 saturated carbocycles. The van der Waals surface area contributed by atoms with Crippen LogP contribution in [0.15, 0.2) is 66.7 Å². The molecule has 1 aliphatic carbocycles. The highest BCUT2D eigenvalue weighted by molar-refractivity contribution is 6.24. The van der Waals surface area contributed by atoms with Gasteiger partial charge in [-0.15, -0.1) is 0 Å². The van der Waals surface area contributed by atoms with Crippen LogP contribution in [0.4, 0.5) is 5.69 Å².